The van der Waals surface area contributed by atoms with Gasteiger partial charge in [-0.05, 0) is 87.7 Å². The molecule has 0 spiro atoms. The van der Waals surface area contributed by atoms with E-state index in [-0.39, 0.29) is 23.6 Å². The van der Waals surface area contributed by atoms with E-state index < -0.39 is 71.0 Å². The van der Waals surface area contributed by atoms with Crippen LogP contribution in [0.15, 0.2) is 97.6 Å². The normalized spacial score (nSPS) is 17.5. The molecule has 84 heavy (non-hydrogen) atoms. The lowest BCUT2D eigenvalue weighted by molar-refractivity contribution is -0.143. The molecule has 0 saturated carbocycles. The molecule has 22 nitrogen and oxygen atoms in total. The van der Waals surface area contributed by atoms with Crippen LogP contribution in [0.1, 0.15) is 104 Å². The van der Waals surface area contributed by atoms with Gasteiger partial charge in [0.05, 0.1) is 60.8 Å². The van der Waals surface area contributed by atoms with Crippen molar-refractivity contribution in [3.05, 3.63) is 109 Å². The number of rotatable bonds is 21. The minimum Gasteiger partial charge on any atom is -0.494 e. The van der Waals surface area contributed by atoms with Crippen molar-refractivity contribution in [2.45, 2.75) is 129 Å². The molecule has 22 heteroatoms. The highest BCUT2D eigenvalue weighted by atomic mass is 16.5. The molecule has 446 valence electrons. The Hall–Kier alpha value is -8.50. The van der Waals surface area contributed by atoms with Gasteiger partial charge in [-0.25, -0.2) is 19.9 Å². The van der Waals surface area contributed by atoms with Crippen LogP contribution in [0.25, 0.3) is 21.8 Å². The van der Waals surface area contributed by atoms with Crippen LogP contribution < -0.4 is 52.0 Å². The summed E-state index contributed by atoms with van der Waals surface area (Å²) >= 11 is 0. The lowest BCUT2D eigenvalue weighted by atomic mass is 9.85. The monoisotopic (exact) mass is 1150 g/mol. The summed E-state index contributed by atoms with van der Waals surface area (Å²) in [6.45, 7) is 15.4. The van der Waals surface area contributed by atoms with Crippen molar-refractivity contribution in [2.75, 3.05) is 62.7 Å². The lowest BCUT2D eigenvalue weighted by Gasteiger charge is -2.36. The number of fused-ring (bicyclic) bond motifs is 2. The van der Waals surface area contributed by atoms with Gasteiger partial charge in [-0.2, -0.15) is 0 Å². The number of hydrogen-bond donors (Lipinski definition) is 8. The molecule has 0 unspecified atom stereocenters. The third-order valence-electron chi connectivity index (χ3n) is 15.8. The topological polar surface area (TPSA) is 275 Å². The molecule has 0 radical (unpaired) electrons. The SMILES string of the molecule is CN[C@@H](C)C(=O)N[C@H](C(=O)N1CCC[C@H]1C(=O)Nc1cc2c(N[C@@H](c3ccccc3)[C@@H](Nc3ncnc4cc(OC)c(NC(=O)[C@@H]5CCCN5C(=O)[C@@H](NC(=O)[C@H](C)NC)C(C)(C)C)cc34)c3ccccc3)ncnc2cc1OC)C(C)(C)C. The smallest absolute Gasteiger partial charge is 0.247 e. The number of carbonyl (C=O) groups is 6. The summed E-state index contributed by atoms with van der Waals surface area (Å²) in [5, 5.41) is 26.5. The molecule has 8 rings (SSSR count). The number of likely N-dealkylation sites (N-methyl/N-ethyl adjacent to an activating group) is 2. The molecule has 2 fully saturated rings. The summed E-state index contributed by atoms with van der Waals surface area (Å²) in [5.41, 5.74) is 2.14. The first-order chi connectivity index (χ1) is 40.1. The number of aromatic nitrogens is 4. The zero-order valence-electron chi connectivity index (χ0n) is 50.0. The number of ether oxygens (including phenoxy) is 2. The summed E-state index contributed by atoms with van der Waals surface area (Å²) < 4.78 is 11.7. The molecular weight excluding hydrogens is 1070 g/mol. The maximum absolute atomic E-state index is 14.5. The molecule has 0 aliphatic carbocycles. The largest absolute Gasteiger partial charge is 0.494 e. The van der Waals surface area contributed by atoms with Gasteiger partial charge in [-0.1, -0.05) is 102 Å². The molecule has 8 N–H and O–H groups in total. The summed E-state index contributed by atoms with van der Waals surface area (Å²) in [4.78, 5) is 106. The first-order valence-electron chi connectivity index (χ1n) is 28.5. The van der Waals surface area contributed by atoms with Gasteiger partial charge in [-0.3, -0.25) is 28.8 Å². The number of hydrogen-bond acceptors (Lipinski definition) is 16. The second-order valence-corrected chi connectivity index (χ2v) is 23.6. The molecule has 2 saturated heterocycles. The average Bonchev–Trinajstić information content (AvgIpc) is 3.19. The Balaban J connectivity index is 1.12. The van der Waals surface area contributed by atoms with Crippen molar-refractivity contribution < 1.29 is 38.2 Å². The second-order valence-electron chi connectivity index (χ2n) is 23.6. The zero-order valence-corrected chi connectivity index (χ0v) is 50.0. The highest BCUT2D eigenvalue weighted by Gasteiger charge is 2.44. The third-order valence-corrected chi connectivity index (χ3v) is 15.8. The molecular formula is C62H80N14O8. The maximum Gasteiger partial charge on any atom is 0.247 e. The number of methoxy groups -OCH3 is 2. The molecule has 2 aliphatic heterocycles. The van der Waals surface area contributed by atoms with Crippen LogP contribution in [0, 0.1) is 10.8 Å². The van der Waals surface area contributed by atoms with E-state index in [2.05, 4.69) is 52.5 Å². The van der Waals surface area contributed by atoms with Crippen molar-refractivity contribution >= 4 is 80.3 Å². The molecule has 2 aromatic heterocycles. The predicted octanol–water partition coefficient (Wildman–Crippen LogP) is 6.73. The van der Waals surface area contributed by atoms with Gasteiger partial charge >= 0.3 is 0 Å². The van der Waals surface area contributed by atoms with E-state index >= 15 is 0 Å². The quantitative estimate of drug-likeness (QED) is 0.0371. The fourth-order valence-corrected chi connectivity index (χ4v) is 10.7. The minimum absolute atomic E-state index is 0.321. The van der Waals surface area contributed by atoms with Crippen LogP contribution in [0.4, 0.5) is 23.0 Å². The number of anilines is 4. The Morgan fingerprint density at radius 2 is 0.917 bits per heavy atom. The minimum atomic E-state index is -0.889. The van der Waals surface area contributed by atoms with Gasteiger partial charge in [0, 0.05) is 36.0 Å². The number of amides is 6. The number of likely N-dealkylation sites (tertiary alicyclic amines) is 2. The number of nitrogens with one attached hydrogen (secondary N) is 8. The molecule has 0 bridgehead atoms. The highest BCUT2D eigenvalue weighted by Crippen LogP contribution is 2.41. The first-order valence-corrected chi connectivity index (χ1v) is 28.5. The highest BCUT2D eigenvalue weighted by molar-refractivity contribution is 6.04. The lowest BCUT2D eigenvalue weighted by Crippen LogP contribution is -2.59. The molecule has 4 heterocycles. The maximum atomic E-state index is 14.5. The second kappa shape index (κ2) is 26.4. The van der Waals surface area contributed by atoms with Gasteiger partial charge < -0.3 is 61.8 Å². The Morgan fingerprint density at radius 1 is 0.548 bits per heavy atom. The van der Waals surface area contributed by atoms with Gasteiger partial charge in [0.15, 0.2) is 0 Å². The zero-order chi connectivity index (χ0) is 60.6. The van der Waals surface area contributed by atoms with Gasteiger partial charge in [0.2, 0.25) is 35.4 Å². The van der Waals surface area contributed by atoms with Crippen molar-refractivity contribution in [1.29, 1.82) is 0 Å². The number of nitrogens with zero attached hydrogens (tertiary/aromatic N) is 6. The standard InChI is InChI=1S/C62H80N14O8/c1-35(63-9)55(77)73-51(61(3,4)5)59(81)75-27-19-25-45(75)57(79)69-43-29-39-41(31-47(43)83-11)65-33-67-53(39)71-49(37-21-15-13-16-22-37)50(38-23-17-14-18-24-38)72-54-40-30-44(48(84-12)32-42(40)66-34-68-54)70-58(80)46-26-20-28-76(46)60(82)52(62(6,7)8)74-56(78)36(2)64-10/h13-18,21-24,29-36,45-46,49-52,63-64H,19-20,25-28H2,1-12H3,(H,69,79)(H,70,80)(H,73,77)(H,74,78)(H,65,67,71)(H,66,68,72)/t35-,36-,45-,46-,49-,50-,51+,52+/m0/s1. The molecule has 6 aromatic rings. The molecule has 8 atom stereocenters. The van der Waals surface area contributed by atoms with Crippen molar-refractivity contribution in [1.82, 2.24) is 51.0 Å². The van der Waals surface area contributed by atoms with Crippen LogP contribution in [0.5, 0.6) is 11.5 Å². The van der Waals surface area contributed by atoms with Crippen LogP contribution >= 0.6 is 0 Å². The number of carbonyl (C=O) groups excluding carboxylic acids is 6. The van der Waals surface area contributed by atoms with E-state index in [0.29, 0.717) is 95.1 Å². The Kier molecular flexibility index (Phi) is 19.3. The first kappa shape index (κ1) is 61.6. The van der Waals surface area contributed by atoms with E-state index in [1.807, 2.05) is 102 Å². The van der Waals surface area contributed by atoms with Crippen LogP contribution in [0.3, 0.4) is 0 Å². The van der Waals surface area contributed by atoms with E-state index in [0.717, 1.165) is 11.1 Å². The molecule has 2 aliphatic rings. The van der Waals surface area contributed by atoms with E-state index in [4.69, 9.17) is 19.4 Å². The fraction of sp³-hybridized carbons (Fsp3) is 0.452. The van der Waals surface area contributed by atoms with Gasteiger partial charge in [-0.15, -0.1) is 0 Å². The van der Waals surface area contributed by atoms with Crippen molar-refractivity contribution in [3.63, 3.8) is 0 Å². The van der Waals surface area contributed by atoms with E-state index in [1.165, 1.54) is 26.9 Å². The number of benzene rings is 4. The van der Waals surface area contributed by atoms with Crippen molar-refractivity contribution in [3.8, 4) is 11.5 Å². The van der Waals surface area contributed by atoms with Crippen molar-refractivity contribution in [2.24, 2.45) is 10.8 Å². The molecule has 6 amide bonds. The predicted molar refractivity (Wildman–Crippen MR) is 324 cm³/mol. The Morgan fingerprint density at radius 3 is 1.25 bits per heavy atom. The Labute approximate surface area is 490 Å². The summed E-state index contributed by atoms with van der Waals surface area (Å²) in [5.74, 6) is -0.615. The van der Waals surface area contributed by atoms with E-state index in [9.17, 15) is 28.8 Å². The third kappa shape index (κ3) is 13.8. The fourth-order valence-electron chi connectivity index (χ4n) is 10.7. The van der Waals surface area contributed by atoms with Crippen LogP contribution in [-0.4, -0.2) is 143 Å². The Bertz CT molecular complexity index is 3130. The van der Waals surface area contributed by atoms with E-state index in [1.54, 1.807) is 62.0 Å². The summed E-state index contributed by atoms with van der Waals surface area (Å²) in [7, 11) is 6.35. The summed E-state index contributed by atoms with van der Waals surface area (Å²) in [6.07, 6.45) is 4.92. The van der Waals surface area contributed by atoms with Crippen LogP contribution in [-0.2, 0) is 28.8 Å². The molecule has 4 aromatic carbocycles. The average molecular weight is 1150 g/mol. The van der Waals surface area contributed by atoms with Gasteiger partial charge in [0.25, 0.3) is 0 Å². The van der Waals surface area contributed by atoms with Gasteiger partial charge in [0.1, 0.15) is 60.0 Å². The summed E-state index contributed by atoms with van der Waals surface area (Å²) in [6, 6.07) is 21.0. The van der Waals surface area contributed by atoms with Crippen LogP contribution in [0.2, 0.25) is 0 Å².